The second-order valence-corrected chi connectivity index (χ2v) is 3.76. The fourth-order valence-electron chi connectivity index (χ4n) is 1.32. The standard InChI is InChI=1S/C11H11N7O3/c12-8-7(17-21-18-8)10(20)15-16-11(13)14-9(19)6-4-2-1-3-5-6/h1-5H,(H2,12,18)(H,15,20)(H3,13,14,16,19). The Morgan fingerprint density at radius 3 is 2.48 bits per heavy atom. The van der Waals surface area contributed by atoms with Crippen LogP contribution in [0, 0.1) is 0 Å². The molecule has 10 nitrogen and oxygen atoms in total. The lowest BCUT2D eigenvalue weighted by molar-refractivity contribution is 0.0939. The third-order valence-corrected chi connectivity index (χ3v) is 2.28. The fourth-order valence-corrected chi connectivity index (χ4v) is 1.32. The van der Waals surface area contributed by atoms with E-state index in [0.717, 1.165) is 0 Å². The molecular weight excluding hydrogens is 278 g/mol. The molecule has 6 N–H and O–H groups in total. The van der Waals surface area contributed by atoms with Gasteiger partial charge in [-0.25, -0.2) is 10.1 Å². The molecular formula is C11H11N7O3. The molecule has 0 radical (unpaired) electrons. The molecule has 10 heteroatoms. The number of guanidine groups is 1. The molecule has 0 aliphatic heterocycles. The quantitative estimate of drug-likeness (QED) is 0.321. The van der Waals surface area contributed by atoms with Crippen LogP contribution in [0.3, 0.4) is 0 Å². The van der Waals surface area contributed by atoms with E-state index in [2.05, 4.69) is 25.4 Å². The summed E-state index contributed by atoms with van der Waals surface area (Å²) in [6, 6.07) is 8.37. The summed E-state index contributed by atoms with van der Waals surface area (Å²) in [5, 5.41) is 12.3. The van der Waals surface area contributed by atoms with Gasteiger partial charge in [0.05, 0.1) is 0 Å². The smallest absolute Gasteiger partial charge is 0.297 e. The van der Waals surface area contributed by atoms with Crippen molar-refractivity contribution in [2.75, 3.05) is 5.73 Å². The first-order chi connectivity index (χ1) is 10.1. The lowest BCUT2D eigenvalue weighted by Gasteiger charge is -2.04. The predicted octanol–water partition coefficient (Wildman–Crippen LogP) is -0.959. The molecule has 2 amide bonds. The molecule has 0 saturated heterocycles. The highest BCUT2D eigenvalue weighted by Crippen LogP contribution is 2.02. The summed E-state index contributed by atoms with van der Waals surface area (Å²) in [4.78, 5) is 23.3. The molecule has 0 spiro atoms. The average Bonchev–Trinajstić information content (AvgIpc) is 2.92. The van der Waals surface area contributed by atoms with E-state index in [1.165, 1.54) is 0 Å². The van der Waals surface area contributed by atoms with Gasteiger partial charge in [0.15, 0.2) is 0 Å². The average molecular weight is 289 g/mol. The number of hydrogen-bond acceptors (Lipinski definition) is 7. The minimum atomic E-state index is -0.773. The summed E-state index contributed by atoms with van der Waals surface area (Å²) in [5.74, 6) is -1.72. The Bertz CT molecular complexity index is 680. The number of rotatable bonds is 3. The number of aromatic nitrogens is 2. The van der Waals surface area contributed by atoms with Gasteiger partial charge in [0.2, 0.25) is 17.5 Å². The van der Waals surface area contributed by atoms with E-state index in [1.807, 2.05) is 5.43 Å². The van der Waals surface area contributed by atoms with Crippen molar-refractivity contribution in [2.24, 2.45) is 10.8 Å². The van der Waals surface area contributed by atoms with Crippen molar-refractivity contribution in [2.45, 2.75) is 0 Å². The van der Waals surface area contributed by atoms with Crippen molar-refractivity contribution in [1.29, 1.82) is 0 Å². The first-order valence-corrected chi connectivity index (χ1v) is 5.66. The van der Waals surface area contributed by atoms with Gasteiger partial charge in [0.1, 0.15) is 0 Å². The highest BCUT2D eigenvalue weighted by Gasteiger charge is 2.15. The Morgan fingerprint density at radius 1 is 1.14 bits per heavy atom. The molecule has 108 valence electrons. The van der Waals surface area contributed by atoms with Crippen LogP contribution in [0.1, 0.15) is 20.8 Å². The maximum Gasteiger partial charge on any atom is 0.297 e. The Kier molecular flexibility index (Phi) is 4.09. The summed E-state index contributed by atoms with van der Waals surface area (Å²) in [5.41, 5.74) is 13.0. The van der Waals surface area contributed by atoms with Gasteiger partial charge in [0.25, 0.3) is 11.8 Å². The highest BCUT2D eigenvalue weighted by molar-refractivity contribution is 6.05. The summed E-state index contributed by atoms with van der Waals surface area (Å²) in [7, 11) is 0. The zero-order valence-corrected chi connectivity index (χ0v) is 10.6. The van der Waals surface area contributed by atoms with Gasteiger partial charge in [-0.3, -0.25) is 14.9 Å². The maximum absolute atomic E-state index is 11.7. The van der Waals surface area contributed by atoms with Crippen LogP contribution in [0.5, 0.6) is 0 Å². The zero-order valence-electron chi connectivity index (χ0n) is 10.6. The summed E-state index contributed by atoms with van der Waals surface area (Å²) < 4.78 is 4.26. The molecule has 0 saturated carbocycles. The molecule has 0 atom stereocenters. The predicted molar refractivity (Wildman–Crippen MR) is 71.7 cm³/mol. The molecule has 0 bridgehead atoms. The van der Waals surface area contributed by atoms with E-state index >= 15 is 0 Å². The van der Waals surface area contributed by atoms with Crippen molar-refractivity contribution >= 4 is 23.6 Å². The third-order valence-electron chi connectivity index (χ3n) is 2.28. The number of nitrogen functional groups attached to an aromatic ring is 1. The minimum absolute atomic E-state index is 0.186. The van der Waals surface area contributed by atoms with Gasteiger partial charge in [-0.1, -0.05) is 18.2 Å². The van der Waals surface area contributed by atoms with Crippen molar-refractivity contribution in [3.05, 3.63) is 41.6 Å². The molecule has 0 unspecified atom stereocenters. The van der Waals surface area contributed by atoms with E-state index in [4.69, 9.17) is 11.5 Å². The first-order valence-electron chi connectivity index (χ1n) is 5.66. The van der Waals surface area contributed by atoms with Crippen LogP contribution in [-0.2, 0) is 0 Å². The summed E-state index contributed by atoms with van der Waals surface area (Å²) in [6.07, 6.45) is 0. The molecule has 0 aliphatic rings. The Hall–Kier alpha value is -3.43. The SMILES string of the molecule is N/C(=N\NC(=O)c1nonc1N)NC(=O)c1ccccc1. The van der Waals surface area contributed by atoms with Gasteiger partial charge in [-0.05, 0) is 22.4 Å². The van der Waals surface area contributed by atoms with Gasteiger partial charge >= 0.3 is 0 Å². The molecule has 21 heavy (non-hydrogen) atoms. The Labute approximate surface area is 118 Å². The lowest BCUT2D eigenvalue weighted by Crippen LogP contribution is -2.39. The number of benzene rings is 1. The molecule has 0 aliphatic carbocycles. The maximum atomic E-state index is 11.7. The summed E-state index contributed by atoms with van der Waals surface area (Å²) in [6.45, 7) is 0. The van der Waals surface area contributed by atoms with Gasteiger partial charge in [-0.2, -0.15) is 0 Å². The Morgan fingerprint density at radius 2 is 1.86 bits per heavy atom. The molecule has 1 aromatic heterocycles. The fraction of sp³-hybridized carbons (Fsp3) is 0. The van der Waals surface area contributed by atoms with Crippen molar-refractivity contribution in [1.82, 2.24) is 21.1 Å². The summed E-state index contributed by atoms with van der Waals surface area (Å²) >= 11 is 0. The number of hydrogen-bond donors (Lipinski definition) is 4. The monoisotopic (exact) mass is 289 g/mol. The number of nitrogens with zero attached hydrogens (tertiary/aromatic N) is 3. The zero-order chi connectivity index (χ0) is 15.2. The van der Waals surface area contributed by atoms with Crippen LogP contribution in [0.25, 0.3) is 0 Å². The van der Waals surface area contributed by atoms with Crippen LogP contribution in [0.2, 0.25) is 0 Å². The van der Waals surface area contributed by atoms with Crippen LogP contribution < -0.4 is 22.2 Å². The van der Waals surface area contributed by atoms with E-state index in [9.17, 15) is 9.59 Å². The second kappa shape index (κ2) is 6.14. The number of nitrogens with two attached hydrogens (primary N) is 2. The molecule has 2 rings (SSSR count). The van der Waals surface area contributed by atoms with Gasteiger partial charge in [0, 0.05) is 5.56 Å². The van der Waals surface area contributed by atoms with Crippen LogP contribution in [0.15, 0.2) is 40.1 Å². The van der Waals surface area contributed by atoms with Crippen molar-refractivity contribution in [3.8, 4) is 0 Å². The van der Waals surface area contributed by atoms with Crippen molar-refractivity contribution in [3.63, 3.8) is 0 Å². The van der Waals surface area contributed by atoms with E-state index < -0.39 is 11.8 Å². The van der Waals surface area contributed by atoms with Gasteiger partial charge in [-0.15, -0.1) is 5.10 Å². The van der Waals surface area contributed by atoms with Crippen LogP contribution in [-0.4, -0.2) is 28.1 Å². The lowest BCUT2D eigenvalue weighted by atomic mass is 10.2. The number of hydrazone groups is 1. The topological polar surface area (TPSA) is 162 Å². The largest absolute Gasteiger partial charge is 0.379 e. The van der Waals surface area contributed by atoms with E-state index in [-0.39, 0.29) is 17.5 Å². The van der Waals surface area contributed by atoms with E-state index in [0.29, 0.717) is 5.56 Å². The molecule has 1 heterocycles. The third kappa shape index (κ3) is 3.53. The number of anilines is 1. The normalized spacial score (nSPS) is 11.0. The number of carbonyl (C=O) groups is 2. The number of amides is 2. The van der Waals surface area contributed by atoms with Crippen LogP contribution in [0.4, 0.5) is 5.82 Å². The number of carbonyl (C=O) groups excluding carboxylic acids is 2. The highest BCUT2D eigenvalue weighted by atomic mass is 16.6. The molecule has 1 aromatic carbocycles. The molecule has 2 aromatic rings. The molecule has 0 fully saturated rings. The van der Waals surface area contributed by atoms with Crippen LogP contribution >= 0.6 is 0 Å². The Balaban J connectivity index is 1.94. The van der Waals surface area contributed by atoms with Gasteiger partial charge < -0.3 is 11.5 Å². The van der Waals surface area contributed by atoms with Crippen molar-refractivity contribution < 1.29 is 14.2 Å². The minimum Gasteiger partial charge on any atom is -0.379 e. The second-order valence-electron chi connectivity index (χ2n) is 3.76. The first kappa shape index (κ1) is 14.0. The number of nitrogens with one attached hydrogen (secondary N) is 2. The van der Waals surface area contributed by atoms with E-state index in [1.54, 1.807) is 30.3 Å².